The molecule has 2 rings (SSSR count). The van der Waals surface area contributed by atoms with Gasteiger partial charge in [-0.2, -0.15) is 0 Å². The van der Waals surface area contributed by atoms with Crippen LogP contribution in [0.1, 0.15) is 0 Å². The molecule has 2 aromatic rings. The quantitative estimate of drug-likeness (QED) is 0.731. The molecular weight excluding hydrogens is 244 g/mol. The lowest BCUT2D eigenvalue weighted by atomic mass is 10.2. The van der Waals surface area contributed by atoms with E-state index in [0.717, 1.165) is 9.86 Å². The van der Waals surface area contributed by atoms with Crippen molar-refractivity contribution in [1.82, 2.24) is 4.98 Å². The molecule has 0 aliphatic rings. The number of benzene rings is 1. The molecule has 0 amide bonds. The normalized spacial score (nSPS) is 10.9. The molecule has 0 atom stereocenters. The van der Waals surface area contributed by atoms with Crippen molar-refractivity contribution in [3.63, 3.8) is 0 Å². The van der Waals surface area contributed by atoms with E-state index in [0.29, 0.717) is 5.52 Å². The zero-order valence-corrected chi connectivity index (χ0v) is 8.21. The molecule has 62 valence electrons. The Kier molecular flexibility index (Phi) is 1.85. The second-order valence-corrected chi connectivity index (χ2v) is 3.68. The molecule has 0 fully saturated rings. The summed E-state index contributed by atoms with van der Waals surface area (Å²) in [7, 11) is 0. The molecule has 1 aromatic heterocycles. The fourth-order valence-electron chi connectivity index (χ4n) is 1.10. The van der Waals surface area contributed by atoms with Crippen LogP contribution in [-0.4, -0.2) is 4.98 Å². The number of aromatic nitrogens is 1. The molecule has 0 saturated heterocycles. The minimum absolute atomic E-state index is 0.136. The van der Waals surface area contributed by atoms with Crippen molar-refractivity contribution in [2.75, 3.05) is 0 Å². The van der Waals surface area contributed by atoms with Crippen LogP contribution in [0.25, 0.3) is 10.9 Å². The Bertz CT molecular complexity index is 438. The number of halogens is 3. The van der Waals surface area contributed by atoms with Crippen molar-refractivity contribution in [3.05, 3.63) is 33.6 Å². The molecule has 1 aromatic carbocycles. The van der Waals surface area contributed by atoms with Crippen molar-refractivity contribution in [2.45, 2.75) is 0 Å². The summed E-state index contributed by atoms with van der Waals surface area (Å²) in [6.45, 7) is 0. The molecule has 4 heteroatoms. The SMILES string of the molecule is Fc1c(Cl)ccc2c(Br)c[nH]c12. The van der Waals surface area contributed by atoms with Gasteiger partial charge < -0.3 is 4.98 Å². The van der Waals surface area contributed by atoms with Crippen molar-refractivity contribution in [3.8, 4) is 0 Å². The van der Waals surface area contributed by atoms with E-state index in [4.69, 9.17) is 11.6 Å². The van der Waals surface area contributed by atoms with Gasteiger partial charge in [-0.05, 0) is 22.0 Å². The largest absolute Gasteiger partial charge is 0.358 e. The van der Waals surface area contributed by atoms with E-state index in [1.54, 1.807) is 12.3 Å². The van der Waals surface area contributed by atoms with Crippen LogP contribution < -0.4 is 0 Å². The Morgan fingerprint density at radius 1 is 1.42 bits per heavy atom. The summed E-state index contributed by atoms with van der Waals surface area (Å²) in [6.07, 6.45) is 1.68. The summed E-state index contributed by atoms with van der Waals surface area (Å²) in [4.78, 5) is 2.79. The van der Waals surface area contributed by atoms with Gasteiger partial charge in [0, 0.05) is 16.1 Å². The van der Waals surface area contributed by atoms with E-state index in [1.165, 1.54) is 6.07 Å². The Labute approximate surface area is 81.7 Å². The van der Waals surface area contributed by atoms with Crippen LogP contribution in [0.15, 0.2) is 22.8 Å². The third-order valence-corrected chi connectivity index (χ3v) is 2.64. The van der Waals surface area contributed by atoms with Gasteiger partial charge in [0.05, 0.1) is 10.5 Å². The van der Waals surface area contributed by atoms with E-state index in [2.05, 4.69) is 20.9 Å². The van der Waals surface area contributed by atoms with Gasteiger partial charge >= 0.3 is 0 Å². The van der Waals surface area contributed by atoms with Gasteiger partial charge in [0.15, 0.2) is 5.82 Å². The summed E-state index contributed by atoms with van der Waals surface area (Å²) in [5.74, 6) is -0.403. The highest BCUT2D eigenvalue weighted by Crippen LogP contribution is 2.28. The van der Waals surface area contributed by atoms with Crippen LogP contribution in [0, 0.1) is 5.82 Å². The first-order chi connectivity index (χ1) is 5.70. The minimum atomic E-state index is -0.403. The first kappa shape index (κ1) is 8.08. The van der Waals surface area contributed by atoms with Crippen LogP contribution in [0.4, 0.5) is 4.39 Å². The molecule has 0 unspecified atom stereocenters. The number of aromatic amines is 1. The van der Waals surface area contributed by atoms with Crippen LogP contribution >= 0.6 is 27.5 Å². The summed E-state index contributed by atoms with van der Waals surface area (Å²) >= 11 is 8.87. The highest BCUT2D eigenvalue weighted by Gasteiger charge is 2.08. The van der Waals surface area contributed by atoms with Crippen molar-refractivity contribution in [1.29, 1.82) is 0 Å². The molecule has 1 N–H and O–H groups in total. The fraction of sp³-hybridized carbons (Fsp3) is 0. The lowest BCUT2D eigenvalue weighted by molar-refractivity contribution is 0.638. The zero-order valence-electron chi connectivity index (χ0n) is 5.87. The molecule has 12 heavy (non-hydrogen) atoms. The van der Waals surface area contributed by atoms with E-state index in [-0.39, 0.29) is 5.02 Å². The average Bonchev–Trinajstić information content (AvgIpc) is 2.41. The van der Waals surface area contributed by atoms with E-state index < -0.39 is 5.82 Å². The average molecular weight is 248 g/mol. The number of rotatable bonds is 0. The molecule has 0 spiro atoms. The van der Waals surface area contributed by atoms with Gasteiger partial charge in [-0.3, -0.25) is 0 Å². The summed E-state index contributed by atoms with van der Waals surface area (Å²) < 4.78 is 14.1. The Hall–Kier alpha value is -0.540. The number of hydrogen-bond donors (Lipinski definition) is 1. The van der Waals surface area contributed by atoms with Gasteiger partial charge in [-0.15, -0.1) is 0 Å². The standard InChI is InChI=1S/C8H4BrClFN/c9-5-3-12-8-4(5)1-2-6(10)7(8)11/h1-3,12H. The molecular formula is C8H4BrClFN. The smallest absolute Gasteiger partial charge is 0.165 e. The third-order valence-electron chi connectivity index (χ3n) is 1.70. The summed E-state index contributed by atoms with van der Waals surface area (Å²) in [5.41, 5.74) is 0.439. The predicted octanol–water partition coefficient (Wildman–Crippen LogP) is 3.72. The van der Waals surface area contributed by atoms with Gasteiger partial charge in [-0.25, -0.2) is 4.39 Å². The monoisotopic (exact) mass is 247 g/mol. The Morgan fingerprint density at radius 3 is 2.92 bits per heavy atom. The maximum absolute atomic E-state index is 13.2. The summed E-state index contributed by atoms with van der Waals surface area (Å²) in [6, 6.07) is 3.30. The van der Waals surface area contributed by atoms with Crippen LogP contribution in [0.5, 0.6) is 0 Å². The summed E-state index contributed by atoms with van der Waals surface area (Å²) in [5, 5.41) is 0.939. The number of fused-ring (bicyclic) bond motifs is 1. The van der Waals surface area contributed by atoms with Crippen LogP contribution in [0.2, 0.25) is 5.02 Å². The molecule has 1 heterocycles. The third kappa shape index (κ3) is 1.04. The Balaban J connectivity index is 2.93. The fourth-order valence-corrected chi connectivity index (χ4v) is 1.71. The van der Waals surface area contributed by atoms with E-state index in [1.807, 2.05) is 0 Å². The first-order valence-corrected chi connectivity index (χ1v) is 4.48. The number of hydrogen-bond acceptors (Lipinski definition) is 0. The first-order valence-electron chi connectivity index (χ1n) is 3.30. The van der Waals surface area contributed by atoms with Gasteiger partial charge in [0.25, 0.3) is 0 Å². The van der Waals surface area contributed by atoms with Gasteiger partial charge in [0.2, 0.25) is 0 Å². The van der Waals surface area contributed by atoms with Gasteiger partial charge in [-0.1, -0.05) is 17.7 Å². The number of H-pyrrole nitrogens is 1. The number of nitrogens with one attached hydrogen (secondary N) is 1. The lowest BCUT2D eigenvalue weighted by Gasteiger charge is -1.94. The van der Waals surface area contributed by atoms with Gasteiger partial charge in [0.1, 0.15) is 0 Å². The van der Waals surface area contributed by atoms with Crippen molar-refractivity contribution >= 4 is 38.4 Å². The highest BCUT2D eigenvalue weighted by molar-refractivity contribution is 9.10. The van der Waals surface area contributed by atoms with Crippen LogP contribution in [-0.2, 0) is 0 Å². The van der Waals surface area contributed by atoms with Crippen molar-refractivity contribution in [2.24, 2.45) is 0 Å². The molecule has 0 radical (unpaired) electrons. The highest BCUT2D eigenvalue weighted by atomic mass is 79.9. The van der Waals surface area contributed by atoms with Crippen molar-refractivity contribution < 1.29 is 4.39 Å². The lowest BCUT2D eigenvalue weighted by Crippen LogP contribution is -1.78. The predicted molar refractivity (Wildman–Crippen MR) is 51.0 cm³/mol. The minimum Gasteiger partial charge on any atom is -0.358 e. The zero-order chi connectivity index (χ0) is 8.72. The second-order valence-electron chi connectivity index (χ2n) is 2.42. The van der Waals surface area contributed by atoms with Crippen LogP contribution in [0.3, 0.4) is 0 Å². The molecule has 0 bridgehead atoms. The van der Waals surface area contributed by atoms with E-state index >= 15 is 0 Å². The molecule has 0 saturated carbocycles. The van der Waals surface area contributed by atoms with E-state index in [9.17, 15) is 4.39 Å². The molecule has 1 nitrogen and oxygen atoms in total. The Morgan fingerprint density at radius 2 is 2.17 bits per heavy atom. The maximum Gasteiger partial charge on any atom is 0.165 e. The maximum atomic E-state index is 13.2. The second kappa shape index (κ2) is 2.75. The molecule has 0 aliphatic heterocycles. The topological polar surface area (TPSA) is 15.8 Å². The molecule has 0 aliphatic carbocycles.